The summed E-state index contributed by atoms with van der Waals surface area (Å²) in [5.74, 6) is -1.15. The molecule has 21 heavy (non-hydrogen) atoms. The molecule has 0 saturated carbocycles. The van der Waals surface area contributed by atoms with E-state index in [0.29, 0.717) is 22.5 Å². The molecule has 0 spiro atoms. The normalized spacial score (nSPS) is 11.1. The second-order valence-corrected chi connectivity index (χ2v) is 6.49. The minimum Gasteiger partial charge on any atom is -0.310 e. The first-order valence-corrected chi connectivity index (χ1v) is 7.80. The molecule has 2 rings (SSSR count). The second-order valence-electron chi connectivity index (χ2n) is 4.97. The molecular weight excluding hydrogens is 312 g/mol. The van der Waals surface area contributed by atoms with E-state index >= 15 is 0 Å². The van der Waals surface area contributed by atoms with E-state index in [0.717, 1.165) is 16.5 Å². The maximum atomic E-state index is 13.6. The van der Waals surface area contributed by atoms with Gasteiger partial charge in [0.15, 0.2) is 0 Å². The topological polar surface area (TPSA) is 12.0 Å². The van der Waals surface area contributed by atoms with E-state index in [1.165, 1.54) is 23.9 Å². The zero-order valence-electron chi connectivity index (χ0n) is 11.8. The Morgan fingerprint density at radius 1 is 1.14 bits per heavy atom. The first kappa shape index (κ1) is 16.3. The van der Waals surface area contributed by atoms with Gasteiger partial charge in [0.25, 0.3) is 0 Å². The molecule has 0 aromatic heterocycles. The molecule has 112 valence electrons. The molecule has 0 aliphatic carbocycles. The average molecular weight is 328 g/mol. The van der Waals surface area contributed by atoms with Crippen molar-refractivity contribution in [1.82, 2.24) is 5.32 Å². The van der Waals surface area contributed by atoms with Crippen molar-refractivity contribution in [3.63, 3.8) is 0 Å². The molecule has 0 atom stereocenters. The van der Waals surface area contributed by atoms with Crippen LogP contribution in [0.5, 0.6) is 0 Å². The molecule has 2 aromatic carbocycles. The summed E-state index contributed by atoms with van der Waals surface area (Å²) in [5, 5.41) is 3.93. The van der Waals surface area contributed by atoms with Crippen LogP contribution in [0.3, 0.4) is 0 Å². The highest BCUT2D eigenvalue weighted by molar-refractivity contribution is 7.99. The SMILES string of the molecule is CC(C)NCc1ccc(Sc2ccc(F)cc2F)cc1Cl. The number of benzene rings is 2. The maximum Gasteiger partial charge on any atom is 0.140 e. The summed E-state index contributed by atoms with van der Waals surface area (Å²) >= 11 is 7.46. The quantitative estimate of drug-likeness (QED) is 0.803. The molecule has 0 fully saturated rings. The molecule has 0 bridgehead atoms. The van der Waals surface area contributed by atoms with Crippen molar-refractivity contribution < 1.29 is 8.78 Å². The highest BCUT2D eigenvalue weighted by Crippen LogP contribution is 2.32. The molecule has 1 nitrogen and oxygen atoms in total. The molecule has 0 aliphatic rings. The van der Waals surface area contributed by atoms with E-state index in [9.17, 15) is 8.78 Å². The van der Waals surface area contributed by atoms with Crippen LogP contribution in [0.2, 0.25) is 5.02 Å². The van der Waals surface area contributed by atoms with E-state index in [-0.39, 0.29) is 0 Å². The van der Waals surface area contributed by atoms with Crippen LogP contribution < -0.4 is 5.32 Å². The second kappa shape index (κ2) is 7.25. The first-order valence-electron chi connectivity index (χ1n) is 6.60. The summed E-state index contributed by atoms with van der Waals surface area (Å²) < 4.78 is 26.5. The molecule has 0 saturated heterocycles. The summed E-state index contributed by atoms with van der Waals surface area (Å²) in [5.41, 5.74) is 0.995. The van der Waals surface area contributed by atoms with Gasteiger partial charge >= 0.3 is 0 Å². The fraction of sp³-hybridized carbons (Fsp3) is 0.250. The maximum absolute atomic E-state index is 13.6. The highest BCUT2D eigenvalue weighted by atomic mass is 35.5. The number of hydrogen-bond donors (Lipinski definition) is 1. The van der Waals surface area contributed by atoms with Gasteiger partial charge in [0, 0.05) is 33.5 Å². The summed E-state index contributed by atoms with van der Waals surface area (Å²) in [6.07, 6.45) is 0. The number of hydrogen-bond acceptors (Lipinski definition) is 2. The van der Waals surface area contributed by atoms with Gasteiger partial charge in [0.05, 0.1) is 0 Å². The van der Waals surface area contributed by atoms with Gasteiger partial charge in [-0.3, -0.25) is 0 Å². The third-order valence-corrected chi connectivity index (χ3v) is 4.24. The van der Waals surface area contributed by atoms with Crippen molar-refractivity contribution in [3.8, 4) is 0 Å². The Balaban J connectivity index is 2.12. The van der Waals surface area contributed by atoms with Crippen LogP contribution >= 0.6 is 23.4 Å². The third-order valence-electron chi connectivity index (χ3n) is 2.85. The van der Waals surface area contributed by atoms with Crippen LogP contribution in [0.15, 0.2) is 46.2 Å². The fourth-order valence-electron chi connectivity index (χ4n) is 1.73. The first-order chi connectivity index (χ1) is 9.95. The zero-order chi connectivity index (χ0) is 15.4. The highest BCUT2D eigenvalue weighted by Gasteiger charge is 2.08. The van der Waals surface area contributed by atoms with Crippen molar-refractivity contribution in [3.05, 3.63) is 58.6 Å². The van der Waals surface area contributed by atoms with Crippen LogP contribution in [0.4, 0.5) is 8.78 Å². The van der Waals surface area contributed by atoms with Crippen LogP contribution in [-0.2, 0) is 6.54 Å². The standard InChI is InChI=1S/C16H16ClF2NS/c1-10(2)20-9-11-3-5-13(8-14(11)17)21-16-6-4-12(18)7-15(16)19/h3-8,10,20H,9H2,1-2H3. The van der Waals surface area contributed by atoms with Crippen LogP contribution in [0.1, 0.15) is 19.4 Å². The lowest BCUT2D eigenvalue weighted by molar-refractivity contribution is 0.565. The summed E-state index contributed by atoms with van der Waals surface area (Å²) in [6.45, 7) is 4.82. The average Bonchev–Trinajstić information content (AvgIpc) is 2.41. The van der Waals surface area contributed by atoms with Crippen molar-refractivity contribution >= 4 is 23.4 Å². The lowest BCUT2D eigenvalue weighted by Crippen LogP contribution is -2.21. The number of nitrogens with one attached hydrogen (secondary N) is 1. The number of halogens is 3. The Morgan fingerprint density at radius 2 is 1.90 bits per heavy atom. The predicted octanol–water partition coefficient (Wildman–Crippen LogP) is 5.27. The minimum absolute atomic E-state index is 0.375. The van der Waals surface area contributed by atoms with Gasteiger partial charge in [-0.1, -0.05) is 43.3 Å². The summed E-state index contributed by atoms with van der Waals surface area (Å²) in [7, 11) is 0. The van der Waals surface area contributed by atoms with Gasteiger partial charge in [-0.05, 0) is 29.8 Å². The van der Waals surface area contributed by atoms with E-state index in [4.69, 9.17) is 11.6 Å². The Morgan fingerprint density at radius 3 is 2.52 bits per heavy atom. The Kier molecular flexibility index (Phi) is 5.62. The molecule has 0 radical (unpaired) electrons. The Bertz CT molecular complexity index is 632. The third kappa shape index (κ3) is 4.70. The molecule has 1 N–H and O–H groups in total. The Labute approximate surface area is 132 Å². The van der Waals surface area contributed by atoms with Gasteiger partial charge in [-0.15, -0.1) is 0 Å². The number of rotatable bonds is 5. The van der Waals surface area contributed by atoms with Gasteiger partial charge in [-0.2, -0.15) is 0 Å². The smallest absolute Gasteiger partial charge is 0.140 e. The van der Waals surface area contributed by atoms with E-state index < -0.39 is 11.6 Å². The van der Waals surface area contributed by atoms with E-state index in [1.54, 1.807) is 6.07 Å². The van der Waals surface area contributed by atoms with Crippen molar-refractivity contribution in [2.75, 3.05) is 0 Å². The van der Waals surface area contributed by atoms with E-state index in [1.807, 2.05) is 12.1 Å². The monoisotopic (exact) mass is 327 g/mol. The molecule has 0 aliphatic heterocycles. The van der Waals surface area contributed by atoms with Crippen LogP contribution in [0.25, 0.3) is 0 Å². The van der Waals surface area contributed by atoms with Gasteiger partial charge in [-0.25, -0.2) is 8.78 Å². The molecule has 5 heteroatoms. The van der Waals surface area contributed by atoms with Gasteiger partial charge in [0.2, 0.25) is 0 Å². The lowest BCUT2D eigenvalue weighted by atomic mass is 10.2. The van der Waals surface area contributed by atoms with Crippen molar-refractivity contribution in [2.24, 2.45) is 0 Å². The van der Waals surface area contributed by atoms with Gasteiger partial charge in [0.1, 0.15) is 11.6 Å². The summed E-state index contributed by atoms with van der Waals surface area (Å²) in [4.78, 5) is 1.19. The molecule has 0 heterocycles. The Hall–Kier alpha value is -1.10. The molecule has 0 unspecified atom stereocenters. The molecule has 0 amide bonds. The zero-order valence-corrected chi connectivity index (χ0v) is 13.4. The largest absolute Gasteiger partial charge is 0.310 e. The van der Waals surface area contributed by atoms with Crippen molar-refractivity contribution in [2.45, 2.75) is 36.2 Å². The van der Waals surface area contributed by atoms with Crippen LogP contribution in [-0.4, -0.2) is 6.04 Å². The predicted molar refractivity (Wildman–Crippen MR) is 83.9 cm³/mol. The van der Waals surface area contributed by atoms with Crippen LogP contribution in [0, 0.1) is 11.6 Å². The van der Waals surface area contributed by atoms with Gasteiger partial charge < -0.3 is 5.32 Å². The van der Waals surface area contributed by atoms with E-state index in [2.05, 4.69) is 19.2 Å². The molecule has 2 aromatic rings. The lowest BCUT2D eigenvalue weighted by Gasteiger charge is -2.11. The fourth-order valence-corrected chi connectivity index (χ4v) is 2.91. The molecular formula is C16H16ClF2NS. The van der Waals surface area contributed by atoms with Crippen molar-refractivity contribution in [1.29, 1.82) is 0 Å². The minimum atomic E-state index is -0.579. The summed E-state index contributed by atoms with van der Waals surface area (Å²) in [6, 6.07) is 9.53.